The summed E-state index contributed by atoms with van der Waals surface area (Å²) in [5.74, 6) is 0.0331. The largest absolute Gasteiger partial charge is 0.324 e. The Balaban J connectivity index is 1.96. The van der Waals surface area contributed by atoms with Crippen LogP contribution in [0.3, 0.4) is 0 Å². The fourth-order valence-corrected chi connectivity index (χ4v) is 2.87. The molecule has 4 heteroatoms. The lowest BCUT2D eigenvalue weighted by Gasteiger charge is -2.21. The molecule has 0 fully saturated rings. The molecule has 2 aromatic rings. The van der Waals surface area contributed by atoms with E-state index in [0.29, 0.717) is 6.54 Å². The van der Waals surface area contributed by atoms with Gasteiger partial charge < -0.3 is 10.2 Å². The molecule has 0 aliphatic carbocycles. The lowest BCUT2D eigenvalue weighted by Crippen LogP contribution is -3.10. The summed E-state index contributed by atoms with van der Waals surface area (Å²) in [5, 5.41) is 2.99. The molecule has 2 aromatic carbocycles. The van der Waals surface area contributed by atoms with Crippen molar-refractivity contribution in [3.63, 3.8) is 0 Å². The van der Waals surface area contributed by atoms with Crippen molar-refractivity contribution in [3.05, 3.63) is 64.1 Å². The molecule has 2 atom stereocenters. The molecule has 0 saturated carbocycles. The summed E-state index contributed by atoms with van der Waals surface area (Å²) in [6.07, 6.45) is 0. The molecular weight excluding hydrogens is 340 g/mol. The number of carbonyl (C=O) groups is 1. The summed E-state index contributed by atoms with van der Waals surface area (Å²) in [7, 11) is 2.05. The van der Waals surface area contributed by atoms with E-state index in [1.165, 1.54) is 10.5 Å². The predicted octanol–water partition coefficient (Wildman–Crippen LogP) is 2.97. The van der Waals surface area contributed by atoms with E-state index in [1.807, 2.05) is 50.4 Å². The highest BCUT2D eigenvalue weighted by atomic mass is 79.9. The summed E-state index contributed by atoms with van der Waals surface area (Å²) < 4.78 is 1.02. The van der Waals surface area contributed by atoms with Gasteiger partial charge in [0.25, 0.3) is 5.91 Å². The molecule has 2 rings (SSSR count). The van der Waals surface area contributed by atoms with Crippen molar-refractivity contribution < 1.29 is 9.69 Å². The van der Waals surface area contributed by atoms with Crippen molar-refractivity contribution in [1.29, 1.82) is 0 Å². The Bertz CT molecular complexity index is 643. The SMILES string of the molecule is Cc1cc(Br)ccc1NC(=O)C[NH+](C)[C@H](C)c1ccccc1. The van der Waals surface area contributed by atoms with Crippen LogP contribution in [0.4, 0.5) is 5.69 Å². The van der Waals surface area contributed by atoms with Crippen molar-refractivity contribution in [2.75, 3.05) is 18.9 Å². The third-order valence-corrected chi connectivity index (χ3v) is 4.43. The number of quaternary nitrogens is 1. The first-order chi connectivity index (χ1) is 10.5. The lowest BCUT2D eigenvalue weighted by atomic mass is 10.1. The van der Waals surface area contributed by atoms with Gasteiger partial charge in [0, 0.05) is 15.7 Å². The number of hydrogen-bond acceptors (Lipinski definition) is 1. The Morgan fingerprint density at radius 1 is 1.23 bits per heavy atom. The maximum absolute atomic E-state index is 12.3. The number of carbonyl (C=O) groups excluding carboxylic acids is 1. The molecule has 2 N–H and O–H groups in total. The molecular formula is C18H22BrN2O+. The van der Waals surface area contributed by atoms with Gasteiger partial charge in [0.05, 0.1) is 7.05 Å². The summed E-state index contributed by atoms with van der Waals surface area (Å²) in [6, 6.07) is 16.4. The van der Waals surface area contributed by atoms with Crippen LogP contribution in [0, 0.1) is 6.92 Å². The summed E-state index contributed by atoms with van der Waals surface area (Å²) in [5.41, 5.74) is 3.16. The van der Waals surface area contributed by atoms with Gasteiger partial charge in [-0.3, -0.25) is 4.79 Å². The van der Waals surface area contributed by atoms with Crippen molar-refractivity contribution in [2.45, 2.75) is 19.9 Å². The summed E-state index contributed by atoms with van der Waals surface area (Å²) in [6.45, 7) is 4.57. The summed E-state index contributed by atoms with van der Waals surface area (Å²) in [4.78, 5) is 13.4. The first kappa shape index (κ1) is 16.7. The first-order valence-corrected chi connectivity index (χ1v) is 8.20. The summed E-state index contributed by atoms with van der Waals surface area (Å²) >= 11 is 3.43. The number of rotatable bonds is 5. The Morgan fingerprint density at radius 3 is 2.55 bits per heavy atom. The van der Waals surface area contributed by atoms with Gasteiger partial charge in [-0.25, -0.2) is 0 Å². The van der Waals surface area contributed by atoms with Crippen LogP contribution < -0.4 is 10.2 Å². The third kappa shape index (κ3) is 4.42. The maximum Gasteiger partial charge on any atom is 0.279 e. The Morgan fingerprint density at radius 2 is 1.91 bits per heavy atom. The maximum atomic E-state index is 12.3. The first-order valence-electron chi connectivity index (χ1n) is 7.40. The minimum atomic E-state index is 0.0331. The van der Waals surface area contributed by atoms with Gasteiger partial charge in [0.15, 0.2) is 6.54 Å². The number of likely N-dealkylation sites (N-methyl/N-ethyl adjacent to an activating group) is 1. The number of hydrogen-bond donors (Lipinski definition) is 2. The van der Waals surface area contributed by atoms with E-state index in [1.54, 1.807) is 0 Å². The molecule has 0 aromatic heterocycles. The molecule has 1 unspecified atom stereocenters. The number of amides is 1. The Kier molecular flexibility index (Phi) is 5.75. The monoisotopic (exact) mass is 361 g/mol. The molecule has 0 saturated heterocycles. The number of halogens is 1. The third-order valence-electron chi connectivity index (χ3n) is 3.94. The standard InChI is InChI=1S/C18H21BrN2O/c1-13-11-16(19)9-10-17(13)20-18(22)12-21(3)14(2)15-7-5-4-6-8-15/h4-11,14H,12H2,1-3H3,(H,20,22)/p+1/t14-/m1/s1. The molecule has 0 radical (unpaired) electrons. The van der Waals surface area contributed by atoms with Gasteiger partial charge in [-0.05, 0) is 37.6 Å². The number of nitrogens with one attached hydrogen (secondary N) is 2. The predicted molar refractivity (Wildman–Crippen MR) is 94.1 cm³/mol. The van der Waals surface area contributed by atoms with Gasteiger partial charge in [-0.15, -0.1) is 0 Å². The van der Waals surface area contributed by atoms with Crippen molar-refractivity contribution in [1.82, 2.24) is 0 Å². The zero-order chi connectivity index (χ0) is 16.1. The van der Waals surface area contributed by atoms with Gasteiger partial charge in [-0.1, -0.05) is 46.3 Å². The highest BCUT2D eigenvalue weighted by Crippen LogP contribution is 2.19. The minimum Gasteiger partial charge on any atom is -0.324 e. The fraction of sp³-hybridized carbons (Fsp3) is 0.278. The number of benzene rings is 2. The highest BCUT2D eigenvalue weighted by molar-refractivity contribution is 9.10. The van der Waals surface area contributed by atoms with Crippen LogP contribution in [0.15, 0.2) is 53.0 Å². The van der Waals surface area contributed by atoms with E-state index in [-0.39, 0.29) is 11.9 Å². The van der Waals surface area contributed by atoms with E-state index in [2.05, 4.69) is 40.3 Å². The smallest absolute Gasteiger partial charge is 0.279 e. The Labute approximate surface area is 140 Å². The fourth-order valence-electron chi connectivity index (χ4n) is 2.39. The second-order valence-electron chi connectivity index (χ2n) is 5.66. The second-order valence-corrected chi connectivity index (χ2v) is 6.58. The average molecular weight is 362 g/mol. The molecule has 0 aliphatic heterocycles. The highest BCUT2D eigenvalue weighted by Gasteiger charge is 2.18. The van der Waals surface area contributed by atoms with Crippen LogP contribution in [0.25, 0.3) is 0 Å². The Hall–Kier alpha value is -1.65. The van der Waals surface area contributed by atoms with Crippen LogP contribution in [0.1, 0.15) is 24.1 Å². The van der Waals surface area contributed by atoms with Crippen LogP contribution >= 0.6 is 15.9 Å². The van der Waals surface area contributed by atoms with E-state index in [9.17, 15) is 4.79 Å². The van der Waals surface area contributed by atoms with Crippen LogP contribution in [-0.4, -0.2) is 19.5 Å². The molecule has 0 aliphatic rings. The normalized spacial score (nSPS) is 13.5. The number of anilines is 1. The van der Waals surface area contributed by atoms with Gasteiger partial charge in [0.1, 0.15) is 6.04 Å². The zero-order valence-electron chi connectivity index (χ0n) is 13.2. The average Bonchev–Trinajstić information content (AvgIpc) is 2.50. The van der Waals surface area contributed by atoms with Crippen molar-refractivity contribution >= 4 is 27.5 Å². The molecule has 22 heavy (non-hydrogen) atoms. The van der Waals surface area contributed by atoms with E-state index in [0.717, 1.165) is 15.7 Å². The van der Waals surface area contributed by atoms with Gasteiger partial charge >= 0.3 is 0 Å². The van der Waals surface area contributed by atoms with Crippen molar-refractivity contribution in [2.24, 2.45) is 0 Å². The topological polar surface area (TPSA) is 33.5 Å². The lowest BCUT2D eigenvalue weighted by molar-refractivity contribution is -0.902. The number of aryl methyl sites for hydroxylation is 1. The second kappa shape index (κ2) is 7.56. The van der Waals surface area contributed by atoms with Gasteiger partial charge in [0.2, 0.25) is 0 Å². The molecule has 0 heterocycles. The molecule has 116 valence electrons. The van der Waals surface area contributed by atoms with Gasteiger partial charge in [-0.2, -0.15) is 0 Å². The van der Waals surface area contributed by atoms with E-state index >= 15 is 0 Å². The zero-order valence-corrected chi connectivity index (χ0v) is 14.8. The molecule has 3 nitrogen and oxygen atoms in total. The van der Waals surface area contributed by atoms with E-state index in [4.69, 9.17) is 0 Å². The molecule has 0 bridgehead atoms. The van der Waals surface area contributed by atoms with E-state index < -0.39 is 0 Å². The minimum absolute atomic E-state index is 0.0331. The van der Waals surface area contributed by atoms with Crippen LogP contribution in [0.5, 0.6) is 0 Å². The van der Waals surface area contributed by atoms with Crippen molar-refractivity contribution in [3.8, 4) is 0 Å². The van der Waals surface area contributed by atoms with Crippen LogP contribution in [0.2, 0.25) is 0 Å². The molecule has 1 amide bonds. The van der Waals surface area contributed by atoms with Crippen LogP contribution in [-0.2, 0) is 4.79 Å². The molecule has 0 spiro atoms. The quantitative estimate of drug-likeness (QED) is 0.843.